The number of benzene rings is 2. The lowest BCUT2D eigenvalue weighted by molar-refractivity contribution is -0.154. The lowest BCUT2D eigenvalue weighted by Crippen LogP contribution is -2.52. The quantitative estimate of drug-likeness (QED) is 0.347. The molecule has 0 aromatic heterocycles. The molecule has 33 heavy (non-hydrogen) atoms. The van der Waals surface area contributed by atoms with E-state index in [-0.39, 0.29) is 21.2 Å². The van der Waals surface area contributed by atoms with Gasteiger partial charge in [0.1, 0.15) is 12.3 Å². The van der Waals surface area contributed by atoms with Gasteiger partial charge in [-0.2, -0.15) is 5.01 Å². The van der Waals surface area contributed by atoms with Gasteiger partial charge in [0, 0.05) is 11.1 Å². The van der Waals surface area contributed by atoms with E-state index in [2.05, 4.69) is 0 Å². The molecular weight excluding hydrogens is 467 g/mol. The minimum atomic E-state index is -0.710. The Labute approximate surface area is 200 Å². The predicted octanol–water partition coefficient (Wildman–Crippen LogP) is 4.19. The highest BCUT2D eigenvalue weighted by Gasteiger charge is 2.51. The normalized spacial score (nSPS) is 19.4. The van der Waals surface area contributed by atoms with E-state index in [0.29, 0.717) is 18.6 Å². The first-order chi connectivity index (χ1) is 15.8. The van der Waals surface area contributed by atoms with Crippen LogP contribution in [0, 0.1) is 11.8 Å². The van der Waals surface area contributed by atoms with Crippen molar-refractivity contribution in [2.75, 3.05) is 13.7 Å². The van der Waals surface area contributed by atoms with Gasteiger partial charge in [-0.05, 0) is 43.2 Å². The Morgan fingerprint density at radius 1 is 0.970 bits per heavy atom. The number of halogens is 2. The number of carbonyl (C=O) groups is 4. The Morgan fingerprint density at radius 2 is 1.64 bits per heavy atom. The Bertz CT molecular complexity index is 1150. The highest BCUT2D eigenvalue weighted by atomic mass is 35.5. The van der Waals surface area contributed by atoms with Crippen LogP contribution in [0.3, 0.4) is 0 Å². The van der Waals surface area contributed by atoms with Gasteiger partial charge in [-0.1, -0.05) is 47.5 Å². The van der Waals surface area contributed by atoms with E-state index in [1.807, 2.05) is 12.2 Å². The topological polar surface area (TPSA) is 84.0 Å². The number of hydrogen-bond acceptors (Lipinski definition) is 5. The van der Waals surface area contributed by atoms with Crippen LogP contribution in [0.15, 0.2) is 54.6 Å². The number of rotatable bonds is 6. The average molecular weight is 487 g/mol. The summed E-state index contributed by atoms with van der Waals surface area (Å²) in [5.41, 5.74) is 0.371. The molecule has 1 fully saturated rings. The summed E-state index contributed by atoms with van der Waals surface area (Å²) >= 11 is 12.0. The van der Waals surface area contributed by atoms with E-state index in [9.17, 15) is 19.2 Å². The first-order valence-corrected chi connectivity index (χ1v) is 11.0. The molecule has 4 rings (SSSR count). The van der Waals surface area contributed by atoms with Gasteiger partial charge in [0.15, 0.2) is 5.78 Å². The smallest absolute Gasteiger partial charge is 0.273 e. The van der Waals surface area contributed by atoms with Gasteiger partial charge >= 0.3 is 0 Å². The van der Waals surface area contributed by atoms with Gasteiger partial charge in [-0.15, -0.1) is 0 Å². The number of allylic oxidation sites excluding steroid dienone is 2. The molecule has 2 aliphatic rings. The summed E-state index contributed by atoms with van der Waals surface area (Å²) in [4.78, 5) is 52.9. The first-order valence-electron chi connectivity index (χ1n) is 10.3. The highest BCUT2D eigenvalue weighted by molar-refractivity contribution is 6.42. The molecule has 7 nitrogen and oxygen atoms in total. The van der Waals surface area contributed by atoms with E-state index in [0.717, 1.165) is 10.0 Å². The molecule has 2 atom stereocenters. The maximum atomic E-state index is 13.5. The third-order valence-corrected chi connectivity index (χ3v) is 6.55. The van der Waals surface area contributed by atoms with Crippen molar-refractivity contribution in [1.82, 2.24) is 10.0 Å². The summed E-state index contributed by atoms with van der Waals surface area (Å²) < 4.78 is 5.16. The maximum Gasteiger partial charge on any atom is 0.273 e. The van der Waals surface area contributed by atoms with Crippen molar-refractivity contribution in [3.8, 4) is 5.75 Å². The number of amides is 3. The monoisotopic (exact) mass is 486 g/mol. The van der Waals surface area contributed by atoms with E-state index < -0.39 is 41.9 Å². The molecule has 1 aliphatic heterocycles. The minimum Gasteiger partial charge on any atom is -0.497 e. The van der Waals surface area contributed by atoms with Crippen LogP contribution < -0.4 is 4.74 Å². The molecular formula is C24H20Cl2N2O5. The molecule has 9 heteroatoms. The number of imide groups is 1. The third-order valence-electron chi connectivity index (χ3n) is 5.81. The molecule has 1 saturated heterocycles. The predicted molar refractivity (Wildman–Crippen MR) is 122 cm³/mol. The van der Waals surface area contributed by atoms with Crippen LogP contribution in [0.4, 0.5) is 0 Å². The molecule has 0 radical (unpaired) electrons. The Balaban J connectivity index is 1.71. The number of nitrogens with zero attached hydrogens (tertiary/aromatic N) is 2. The summed E-state index contributed by atoms with van der Waals surface area (Å²) in [7, 11) is 1.47. The summed E-state index contributed by atoms with van der Waals surface area (Å²) in [6.07, 6.45) is 4.51. The number of hydrogen-bond donors (Lipinski definition) is 0. The Morgan fingerprint density at radius 3 is 2.24 bits per heavy atom. The molecule has 0 saturated carbocycles. The zero-order valence-corrected chi connectivity index (χ0v) is 19.2. The second-order valence-electron chi connectivity index (χ2n) is 7.79. The van der Waals surface area contributed by atoms with Crippen LogP contribution in [0.1, 0.15) is 33.6 Å². The largest absolute Gasteiger partial charge is 0.497 e. The SMILES string of the molecule is COc1cccc(C(=O)CN(C(=O)c2ccc(Cl)c(Cl)c2)N2C(=O)C3CC=CCC3C2=O)c1. The van der Waals surface area contributed by atoms with Gasteiger partial charge in [-0.3, -0.25) is 19.2 Å². The number of ketones is 1. The van der Waals surface area contributed by atoms with Crippen molar-refractivity contribution in [2.24, 2.45) is 11.8 Å². The molecule has 3 amide bonds. The summed E-state index contributed by atoms with van der Waals surface area (Å²) in [6.45, 7) is -0.517. The lowest BCUT2D eigenvalue weighted by atomic mass is 9.85. The van der Waals surface area contributed by atoms with Crippen LogP contribution in [0.5, 0.6) is 5.75 Å². The molecule has 0 bridgehead atoms. The van der Waals surface area contributed by atoms with Crippen molar-refractivity contribution in [3.05, 3.63) is 75.8 Å². The van der Waals surface area contributed by atoms with E-state index >= 15 is 0 Å². The van der Waals surface area contributed by atoms with Crippen molar-refractivity contribution >= 4 is 46.7 Å². The van der Waals surface area contributed by atoms with Gasteiger partial charge in [0.2, 0.25) is 0 Å². The van der Waals surface area contributed by atoms with Gasteiger partial charge in [0.25, 0.3) is 17.7 Å². The van der Waals surface area contributed by atoms with E-state index in [1.165, 1.54) is 31.4 Å². The standard InChI is InChI=1S/C24H20Cl2N2O5/c1-33-16-6-4-5-14(11-16)21(29)13-27(22(30)15-9-10-19(25)20(26)12-15)28-23(31)17-7-2-3-8-18(17)24(28)32/h2-6,9-12,17-18H,7-8,13H2,1H3. The van der Waals surface area contributed by atoms with Crippen LogP contribution in [0.2, 0.25) is 10.0 Å². The van der Waals surface area contributed by atoms with Crippen LogP contribution in [-0.2, 0) is 9.59 Å². The molecule has 1 aliphatic carbocycles. The van der Waals surface area contributed by atoms with Crippen molar-refractivity contribution in [2.45, 2.75) is 12.8 Å². The van der Waals surface area contributed by atoms with Crippen LogP contribution in [0.25, 0.3) is 0 Å². The van der Waals surface area contributed by atoms with E-state index in [1.54, 1.807) is 18.2 Å². The maximum absolute atomic E-state index is 13.5. The number of Topliss-reactive ketones (excluding diaryl/α,β-unsaturated/α-hetero) is 1. The summed E-state index contributed by atoms with van der Waals surface area (Å²) in [6, 6.07) is 10.6. The fourth-order valence-electron chi connectivity index (χ4n) is 4.06. The van der Waals surface area contributed by atoms with Gasteiger partial charge < -0.3 is 4.74 Å². The first kappa shape index (κ1) is 23.0. The third kappa shape index (κ3) is 4.38. The Kier molecular flexibility index (Phi) is 6.54. The number of ether oxygens (including phenoxy) is 1. The zero-order valence-electron chi connectivity index (χ0n) is 17.7. The fourth-order valence-corrected chi connectivity index (χ4v) is 4.35. The number of methoxy groups -OCH3 is 1. The summed E-state index contributed by atoms with van der Waals surface area (Å²) in [5, 5.41) is 2.12. The Hall–Kier alpha value is -3.16. The van der Waals surface area contributed by atoms with Crippen molar-refractivity contribution in [3.63, 3.8) is 0 Å². The summed E-state index contributed by atoms with van der Waals surface area (Å²) in [5.74, 6) is -2.82. The molecule has 1 heterocycles. The molecule has 2 aromatic carbocycles. The molecule has 2 aromatic rings. The zero-order chi connectivity index (χ0) is 23.7. The fraction of sp³-hybridized carbons (Fsp3) is 0.250. The van der Waals surface area contributed by atoms with Gasteiger partial charge in [-0.25, -0.2) is 5.01 Å². The second kappa shape index (κ2) is 9.37. The molecule has 170 valence electrons. The van der Waals surface area contributed by atoms with Gasteiger partial charge in [0.05, 0.1) is 29.0 Å². The van der Waals surface area contributed by atoms with Crippen LogP contribution >= 0.6 is 23.2 Å². The molecule has 0 N–H and O–H groups in total. The second-order valence-corrected chi connectivity index (χ2v) is 8.61. The molecule has 0 spiro atoms. The highest BCUT2D eigenvalue weighted by Crippen LogP contribution is 2.36. The van der Waals surface area contributed by atoms with E-state index in [4.69, 9.17) is 27.9 Å². The average Bonchev–Trinajstić information content (AvgIpc) is 3.08. The molecule has 2 unspecified atom stereocenters. The van der Waals surface area contributed by atoms with Crippen molar-refractivity contribution < 1.29 is 23.9 Å². The van der Waals surface area contributed by atoms with Crippen LogP contribution in [-0.4, -0.2) is 47.2 Å². The van der Waals surface area contributed by atoms with Crippen molar-refractivity contribution in [1.29, 1.82) is 0 Å². The number of hydrazine groups is 1. The number of fused-ring (bicyclic) bond motifs is 1. The lowest BCUT2D eigenvalue weighted by Gasteiger charge is -2.30. The number of carbonyl (C=O) groups excluding carboxylic acids is 4. The minimum absolute atomic E-state index is 0.0939.